The number of pyridine rings is 1. The fraction of sp³-hybridized carbons (Fsp3) is 0.500. The maximum atomic E-state index is 10.7. The number of nitrogens with one attached hydrogen (secondary N) is 2. The maximum absolute atomic E-state index is 10.7. The molecule has 4 heteroatoms. The summed E-state index contributed by atoms with van der Waals surface area (Å²) in [5.41, 5.74) is 2.33. The molecule has 0 aliphatic carbocycles. The number of carbonyl (C=O) groups is 1. The van der Waals surface area contributed by atoms with Gasteiger partial charge in [0.15, 0.2) is 0 Å². The lowest BCUT2D eigenvalue weighted by Crippen LogP contribution is -2.23. The van der Waals surface area contributed by atoms with E-state index >= 15 is 0 Å². The van der Waals surface area contributed by atoms with Crippen LogP contribution >= 0.6 is 0 Å². The van der Waals surface area contributed by atoms with Crippen LogP contribution in [0.15, 0.2) is 12.1 Å². The van der Waals surface area contributed by atoms with Crippen molar-refractivity contribution in [1.82, 2.24) is 10.3 Å². The van der Waals surface area contributed by atoms with Crippen LogP contribution in [0.2, 0.25) is 0 Å². The van der Waals surface area contributed by atoms with Gasteiger partial charge in [-0.1, -0.05) is 6.07 Å². The first-order valence-corrected chi connectivity index (χ1v) is 5.73. The van der Waals surface area contributed by atoms with Crippen molar-refractivity contribution in [2.75, 3.05) is 18.4 Å². The Bertz CT molecular complexity index is 390. The molecule has 1 aromatic heterocycles. The van der Waals surface area contributed by atoms with E-state index in [-0.39, 0.29) is 5.91 Å². The highest BCUT2D eigenvalue weighted by molar-refractivity contribution is 5.72. The molecule has 86 valence electrons. The molecule has 1 aliphatic heterocycles. The molecule has 1 amide bonds. The van der Waals surface area contributed by atoms with Crippen LogP contribution < -0.4 is 10.6 Å². The van der Waals surface area contributed by atoms with Gasteiger partial charge in [-0.15, -0.1) is 0 Å². The Morgan fingerprint density at radius 2 is 2.44 bits per heavy atom. The Morgan fingerprint density at radius 1 is 1.56 bits per heavy atom. The van der Waals surface area contributed by atoms with Crippen LogP contribution in [0.4, 0.5) is 5.82 Å². The zero-order chi connectivity index (χ0) is 11.4. The zero-order valence-electron chi connectivity index (χ0n) is 9.55. The normalized spacial score (nSPS) is 13.8. The van der Waals surface area contributed by atoms with Gasteiger partial charge >= 0.3 is 0 Å². The number of aromatic nitrogens is 1. The minimum absolute atomic E-state index is 0.0103. The number of rotatable bonds is 3. The second-order valence-corrected chi connectivity index (χ2v) is 4.07. The molecule has 0 saturated heterocycles. The first-order chi connectivity index (χ1) is 7.75. The number of hydrogen-bond acceptors (Lipinski definition) is 3. The zero-order valence-corrected chi connectivity index (χ0v) is 9.55. The van der Waals surface area contributed by atoms with E-state index in [0.29, 0.717) is 6.54 Å². The number of hydrogen-bond donors (Lipinski definition) is 2. The maximum Gasteiger partial charge on any atom is 0.216 e. The minimum atomic E-state index is 0.0103. The van der Waals surface area contributed by atoms with Crippen LogP contribution in [-0.4, -0.2) is 24.0 Å². The van der Waals surface area contributed by atoms with Gasteiger partial charge in [-0.05, 0) is 24.5 Å². The summed E-state index contributed by atoms with van der Waals surface area (Å²) in [5, 5.41) is 6.08. The van der Waals surface area contributed by atoms with Crippen molar-refractivity contribution in [3.05, 3.63) is 23.4 Å². The fourth-order valence-electron chi connectivity index (χ4n) is 1.87. The molecule has 0 spiro atoms. The van der Waals surface area contributed by atoms with E-state index in [2.05, 4.69) is 21.7 Å². The van der Waals surface area contributed by atoms with Gasteiger partial charge in [-0.25, -0.2) is 4.98 Å². The van der Waals surface area contributed by atoms with Crippen LogP contribution in [0.1, 0.15) is 24.6 Å². The van der Waals surface area contributed by atoms with Crippen molar-refractivity contribution < 1.29 is 4.79 Å². The molecule has 2 rings (SSSR count). The third-order valence-corrected chi connectivity index (χ3v) is 2.71. The van der Waals surface area contributed by atoms with Crippen molar-refractivity contribution in [3.8, 4) is 0 Å². The molecule has 0 unspecified atom stereocenters. The highest BCUT2D eigenvalue weighted by Crippen LogP contribution is 2.19. The standard InChI is InChI=1S/C12H17N3O/c1-9(16)13-8-6-11-5-4-10-3-2-7-14-12(10)15-11/h4-5H,2-3,6-8H2,1H3,(H,13,16)(H,14,15). The van der Waals surface area contributed by atoms with E-state index in [4.69, 9.17) is 0 Å². The molecule has 2 heterocycles. The summed E-state index contributed by atoms with van der Waals surface area (Å²) in [6, 6.07) is 4.19. The minimum Gasteiger partial charge on any atom is -0.370 e. The van der Waals surface area contributed by atoms with Crippen LogP contribution in [0, 0.1) is 0 Å². The van der Waals surface area contributed by atoms with Crippen LogP contribution in [0.25, 0.3) is 0 Å². The molecule has 0 atom stereocenters. The van der Waals surface area contributed by atoms with Gasteiger partial charge in [0.05, 0.1) is 0 Å². The average molecular weight is 219 g/mol. The van der Waals surface area contributed by atoms with Crippen LogP contribution in [0.3, 0.4) is 0 Å². The van der Waals surface area contributed by atoms with E-state index in [1.54, 1.807) is 0 Å². The summed E-state index contributed by atoms with van der Waals surface area (Å²) in [5.74, 6) is 1.03. The summed E-state index contributed by atoms with van der Waals surface area (Å²) >= 11 is 0. The van der Waals surface area contributed by atoms with E-state index in [1.807, 2.05) is 6.07 Å². The first-order valence-electron chi connectivity index (χ1n) is 5.73. The van der Waals surface area contributed by atoms with E-state index in [9.17, 15) is 4.79 Å². The SMILES string of the molecule is CC(=O)NCCc1ccc2c(n1)NCCC2. The lowest BCUT2D eigenvalue weighted by atomic mass is 10.1. The summed E-state index contributed by atoms with van der Waals surface area (Å²) in [6.07, 6.45) is 3.08. The lowest BCUT2D eigenvalue weighted by molar-refractivity contribution is -0.118. The molecule has 0 radical (unpaired) electrons. The predicted molar refractivity (Wildman–Crippen MR) is 63.4 cm³/mol. The van der Waals surface area contributed by atoms with E-state index in [0.717, 1.165) is 30.9 Å². The summed E-state index contributed by atoms with van der Waals surface area (Å²) in [4.78, 5) is 15.3. The molecule has 1 aromatic rings. The lowest BCUT2D eigenvalue weighted by Gasteiger charge is -2.17. The molecule has 1 aliphatic rings. The van der Waals surface area contributed by atoms with Crippen molar-refractivity contribution in [3.63, 3.8) is 0 Å². The Kier molecular flexibility index (Phi) is 3.39. The van der Waals surface area contributed by atoms with Gasteiger partial charge in [0.2, 0.25) is 5.91 Å². The second-order valence-electron chi connectivity index (χ2n) is 4.07. The van der Waals surface area contributed by atoms with Gasteiger partial charge in [-0.3, -0.25) is 4.79 Å². The molecule has 16 heavy (non-hydrogen) atoms. The van der Waals surface area contributed by atoms with Crippen molar-refractivity contribution in [2.45, 2.75) is 26.2 Å². The monoisotopic (exact) mass is 219 g/mol. The Balaban J connectivity index is 1.97. The molecule has 0 aromatic carbocycles. The first kappa shape index (κ1) is 10.9. The number of fused-ring (bicyclic) bond motifs is 1. The smallest absolute Gasteiger partial charge is 0.216 e. The van der Waals surface area contributed by atoms with Crippen molar-refractivity contribution >= 4 is 11.7 Å². The largest absolute Gasteiger partial charge is 0.370 e. The van der Waals surface area contributed by atoms with Gasteiger partial charge in [0, 0.05) is 32.1 Å². The van der Waals surface area contributed by atoms with Gasteiger partial charge in [0.1, 0.15) is 5.82 Å². The third-order valence-electron chi connectivity index (χ3n) is 2.71. The van der Waals surface area contributed by atoms with Crippen LogP contribution in [0.5, 0.6) is 0 Å². The Morgan fingerprint density at radius 3 is 3.25 bits per heavy atom. The van der Waals surface area contributed by atoms with Gasteiger partial charge < -0.3 is 10.6 Å². The topological polar surface area (TPSA) is 54.0 Å². The number of amides is 1. The van der Waals surface area contributed by atoms with E-state index in [1.165, 1.54) is 18.9 Å². The molecule has 4 nitrogen and oxygen atoms in total. The average Bonchev–Trinajstić information content (AvgIpc) is 2.28. The molecule has 0 fully saturated rings. The highest BCUT2D eigenvalue weighted by atomic mass is 16.1. The van der Waals surface area contributed by atoms with Crippen LogP contribution in [-0.2, 0) is 17.6 Å². The van der Waals surface area contributed by atoms with Crippen molar-refractivity contribution in [1.29, 1.82) is 0 Å². The molecule has 0 bridgehead atoms. The number of anilines is 1. The number of aryl methyl sites for hydroxylation is 1. The molecular weight excluding hydrogens is 202 g/mol. The molecular formula is C12H17N3O. The molecule has 0 saturated carbocycles. The van der Waals surface area contributed by atoms with E-state index < -0.39 is 0 Å². The highest BCUT2D eigenvalue weighted by Gasteiger charge is 2.09. The second kappa shape index (κ2) is 4.96. The summed E-state index contributed by atoms with van der Waals surface area (Å²) < 4.78 is 0. The Labute approximate surface area is 95.5 Å². The number of nitrogens with zero attached hydrogens (tertiary/aromatic N) is 1. The van der Waals surface area contributed by atoms with Gasteiger partial charge in [-0.2, -0.15) is 0 Å². The number of carbonyl (C=O) groups excluding carboxylic acids is 1. The predicted octanol–water partition coefficient (Wildman–Crippen LogP) is 1.12. The third kappa shape index (κ3) is 2.72. The summed E-state index contributed by atoms with van der Waals surface area (Å²) in [7, 11) is 0. The fourth-order valence-corrected chi connectivity index (χ4v) is 1.87. The summed E-state index contributed by atoms with van der Waals surface area (Å²) in [6.45, 7) is 3.19. The quantitative estimate of drug-likeness (QED) is 0.801. The van der Waals surface area contributed by atoms with Gasteiger partial charge in [0.25, 0.3) is 0 Å². The van der Waals surface area contributed by atoms with Crippen molar-refractivity contribution in [2.24, 2.45) is 0 Å². The Hall–Kier alpha value is -1.58. The molecule has 2 N–H and O–H groups in total.